The number of nitrogens with zero attached hydrogens (tertiary/aromatic N) is 2. The molecule has 0 unspecified atom stereocenters. The Hall–Kier alpha value is -1.65. The van der Waals surface area contributed by atoms with E-state index in [2.05, 4.69) is 23.0 Å². The zero-order valence-electron chi connectivity index (χ0n) is 11.0. The van der Waals surface area contributed by atoms with Crippen molar-refractivity contribution in [3.63, 3.8) is 0 Å². The van der Waals surface area contributed by atoms with Gasteiger partial charge in [0, 0.05) is 4.88 Å². The molecule has 102 valence electrons. The van der Waals surface area contributed by atoms with E-state index < -0.39 is 0 Å². The minimum Gasteiger partial charge on any atom is -0.472 e. The lowest BCUT2D eigenvalue weighted by molar-refractivity contribution is 0.298. The molecule has 0 atom stereocenters. The van der Waals surface area contributed by atoms with E-state index in [-0.39, 0.29) is 5.28 Å². The Labute approximate surface area is 126 Å². The maximum absolute atomic E-state index is 5.96. The summed E-state index contributed by atoms with van der Waals surface area (Å²) >= 11 is 7.59. The van der Waals surface area contributed by atoms with Crippen LogP contribution in [0.25, 0.3) is 10.2 Å². The summed E-state index contributed by atoms with van der Waals surface area (Å²) in [5.41, 5.74) is 1.10. The van der Waals surface area contributed by atoms with Gasteiger partial charge in [0.05, 0.1) is 5.39 Å². The molecule has 20 heavy (non-hydrogen) atoms. The molecule has 3 nitrogen and oxygen atoms in total. The Balaban J connectivity index is 1.92. The van der Waals surface area contributed by atoms with E-state index in [1.807, 2.05) is 30.3 Å². The smallest absolute Gasteiger partial charge is 0.227 e. The van der Waals surface area contributed by atoms with Gasteiger partial charge in [0.25, 0.3) is 0 Å². The summed E-state index contributed by atoms with van der Waals surface area (Å²) in [5.74, 6) is 0.555. The van der Waals surface area contributed by atoms with Crippen molar-refractivity contribution in [2.24, 2.45) is 0 Å². The van der Waals surface area contributed by atoms with E-state index in [1.165, 1.54) is 4.88 Å². The first-order valence-corrected chi connectivity index (χ1v) is 7.58. The Bertz CT molecular complexity index is 727. The van der Waals surface area contributed by atoms with Gasteiger partial charge in [-0.25, -0.2) is 4.98 Å². The van der Waals surface area contributed by atoms with Crippen molar-refractivity contribution in [3.8, 4) is 5.88 Å². The molecule has 0 N–H and O–H groups in total. The Morgan fingerprint density at radius 2 is 2.00 bits per heavy atom. The van der Waals surface area contributed by atoms with Crippen LogP contribution in [0.3, 0.4) is 0 Å². The second kappa shape index (κ2) is 5.77. The molecule has 0 aliphatic rings. The molecule has 0 aliphatic heterocycles. The number of hydrogen-bond donors (Lipinski definition) is 0. The standard InChI is InChI=1S/C15H13ClN2OS/c1-2-11-8-12-13(17-15(16)18-14(12)20-11)19-9-10-6-4-3-5-7-10/h3-8H,2,9H2,1H3. The highest BCUT2D eigenvalue weighted by atomic mass is 35.5. The molecule has 0 amide bonds. The van der Waals surface area contributed by atoms with Gasteiger partial charge in [-0.1, -0.05) is 37.3 Å². The molecular weight excluding hydrogens is 292 g/mol. The van der Waals surface area contributed by atoms with E-state index in [0.717, 1.165) is 22.2 Å². The molecule has 2 aromatic heterocycles. The number of aromatic nitrogens is 2. The average Bonchev–Trinajstić information content (AvgIpc) is 2.88. The van der Waals surface area contributed by atoms with Crippen molar-refractivity contribution < 1.29 is 4.74 Å². The topological polar surface area (TPSA) is 35.0 Å². The van der Waals surface area contributed by atoms with Gasteiger partial charge >= 0.3 is 0 Å². The number of benzene rings is 1. The number of rotatable bonds is 4. The molecule has 0 spiro atoms. The fraction of sp³-hybridized carbons (Fsp3) is 0.200. The first-order chi connectivity index (χ1) is 9.76. The van der Waals surface area contributed by atoms with Crippen molar-refractivity contribution in [1.82, 2.24) is 9.97 Å². The van der Waals surface area contributed by atoms with Gasteiger partial charge in [-0.2, -0.15) is 4.98 Å². The number of thiophene rings is 1. The number of hydrogen-bond acceptors (Lipinski definition) is 4. The number of fused-ring (bicyclic) bond motifs is 1. The number of halogens is 1. The molecule has 0 saturated heterocycles. The predicted octanol–water partition coefficient (Wildman–Crippen LogP) is 4.49. The van der Waals surface area contributed by atoms with Crippen LogP contribution in [0.1, 0.15) is 17.4 Å². The van der Waals surface area contributed by atoms with Gasteiger partial charge < -0.3 is 4.74 Å². The summed E-state index contributed by atoms with van der Waals surface area (Å²) in [7, 11) is 0. The predicted molar refractivity (Wildman–Crippen MR) is 82.6 cm³/mol. The quantitative estimate of drug-likeness (QED) is 0.666. The van der Waals surface area contributed by atoms with E-state index >= 15 is 0 Å². The Morgan fingerprint density at radius 3 is 2.75 bits per heavy atom. The monoisotopic (exact) mass is 304 g/mol. The lowest BCUT2D eigenvalue weighted by atomic mass is 10.2. The van der Waals surface area contributed by atoms with Gasteiger partial charge in [-0.3, -0.25) is 0 Å². The largest absolute Gasteiger partial charge is 0.472 e. The second-order valence-corrected chi connectivity index (χ2v) is 5.81. The van der Waals surface area contributed by atoms with Crippen LogP contribution in [0, 0.1) is 0 Å². The maximum atomic E-state index is 5.96. The van der Waals surface area contributed by atoms with Crippen LogP contribution in [0.15, 0.2) is 36.4 Å². The van der Waals surface area contributed by atoms with E-state index in [0.29, 0.717) is 12.5 Å². The molecule has 5 heteroatoms. The lowest BCUT2D eigenvalue weighted by Gasteiger charge is -2.06. The Morgan fingerprint density at radius 1 is 1.20 bits per heavy atom. The molecule has 0 saturated carbocycles. The minimum absolute atomic E-state index is 0.227. The van der Waals surface area contributed by atoms with Gasteiger partial charge in [-0.05, 0) is 29.7 Å². The Kier molecular flexibility index (Phi) is 3.85. The van der Waals surface area contributed by atoms with E-state index in [1.54, 1.807) is 11.3 Å². The minimum atomic E-state index is 0.227. The first kappa shape index (κ1) is 13.3. The van der Waals surface area contributed by atoms with E-state index in [9.17, 15) is 0 Å². The lowest BCUT2D eigenvalue weighted by Crippen LogP contribution is -1.98. The number of aryl methyl sites for hydroxylation is 1. The van der Waals surface area contributed by atoms with Crippen LogP contribution in [0.5, 0.6) is 5.88 Å². The highest BCUT2D eigenvalue weighted by Gasteiger charge is 2.11. The van der Waals surface area contributed by atoms with Crippen molar-refractivity contribution in [2.45, 2.75) is 20.0 Å². The van der Waals surface area contributed by atoms with E-state index in [4.69, 9.17) is 16.3 Å². The van der Waals surface area contributed by atoms with Crippen LogP contribution in [-0.4, -0.2) is 9.97 Å². The molecule has 3 aromatic rings. The fourth-order valence-electron chi connectivity index (χ4n) is 1.93. The molecule has 2 heterocycles. The summed E-state index contributed by atoms with van der Waals surface area (Å²) in [6.45, 7) is 2.59. The van der Waals surface area contributed by atoms with Gasteiger partial charge in [0.2, 0.25) is 11.2 Å². The molecule has 0 fully saturated rings. The van der Waals surface area contributed by atoms with Crippen LogP contribution < -0.4 is 4.74 Å². The molecular formula is C15H13ClN2OS. The van der Waals surface area contributed by atoms with Crippen LogP contribution >= 0.6 is 22.9 Å². The van der Waals surface area contributed by atoms with Crippen molar-refractivity contribution >= 4 is 33.2 Å². The SMILES string of the molecule is CCc1cc2c(OCc3ccccc3)nc(Cl)nc2s1. The second-order valence-electron chi connectivity index (χ2n) is 4.36. The highest BCUT2D eigenvalue weighted by Crippen LogP contribution is 2.32. The van der Waals surface area contributed by atoms with Gasteiger partial charge in [0.15, 0.2) is 0 Å². The van der Waals surface area contributed by atoms with Crippen molar-refractivity contribution in [1.29, 1.82) is 0 Å². The third-order valence-electron chi connectivity index (χ3n) is 2.95. The normalized spacial score (nSPS) is 10.9. The fourth-order valence-corrected chi connectivity index (χ4v) is 3.10. The average molecular weight is 305 g/mol. The van der Waals surface area contributed by atoms with Crippen molar-refractivity contribution in [2.75, 3.05) is 0 Å². The van der Waals surface area contributed by atoms with Gasteiger partial charge in [-0.15, -0.1) is 11.3 Å². The summed E-state index contributed by atoms with van der Waals surface area (Å²) in [4.78, 5) is 10.6. The summed E-state index contributed by atoms with van der Waals surface area (Å²) in [6.07, 6.45) is 0.969. The van der Waals surface area contributed by atoms with Crippen LogP contribution in [0.2, 0.25) is 5.28 Å². The summed E-state index contributed by atoms with van der Waals surface area (Å²) in [5, 5.41) is 1.16. The third-order valence-corrected chi connectivity index (χ3v) is 4.29. The molecule has 0 radical (unpaired) electrons. The zero-order chi connectivity index (χ0) is 13.9. The summed E-state index contributed by atoms with van der Waals surface area (Å²) < 4.78 is 5.82. The number of ether oxygens (including phenoxy) is 1. The first-order valence-electron chi connectivity index (χ1n) is 6.39. The zero-order valence-corrected chi connectivity index (χ0v) is 12.5. The van der Waals surface area contributed by atoms with Crippen LogP contribution in [-0.2, 0) is 13.0 Å². The maximum Gasteiger partial charge on any atom is 0.227 e. The summed E-state index contributed by atoms with van der Waals surface area (Å²) in [6, 6.07) is 12.1. The highest BCUT2D eigenvalue weighted by molar-refractivity contribution is 7.18. The third kappa shape index (κ3) is 2.76. The molecule has 0 bridgehead atoms. The molecule has 0 aliphatic carbocycles. The molecule has 1 aromatic carbocycles. The van der Waals surface area contributed by atoms with Crippen LogP contribution in [0.4, 0.5) is 0 Å². The molecule has 3 rings (SSSR count). The van der Waals surface area contributed by atoms with Gasteiger partial charge in [0.1, 0.15) is 11.4 Å². The van der Waals surface area contributed by atoms with Crippen molar-refractivity contribution in [3.05, 3.63) is 52.1 Å².